The highest BCUT2D eigenvalue weighted by molar-refractivity contribution is 5.66. The Kier molecular flexibility index (Phi) is 4.77. The second kappa shape index (κ2) is 7.53. The number of hydrogen-bond donors (Lipinski definition) is 1. The summed E-state index contributed by atoms with van der Waals surface area (Å²) in [6.45, 7) is 0.469. The van der Waals surface area contributed by atoms with Crippen LogP contribution in [0, 0.1) is 17.7 Å². The molecule has 0 aliphatic carbocycles. The number of carbonyl (C=O) groups is 1. The Hall–Kier alpha value is -3.66. The van der Waals surface area contributed by atoms with Crippen LogP contribution in [0.2, 0.25) is 0 Å². The number of benzene rings is 2. The highest BCUT2D eigenvalue weighted by Gasteiger charge is 2.34. The Balaban J connectivity index is 1.51. The van der Waals surface area contributed by atoms with Gasteiger partial charge >= 0.3 is 6.09 Å². The molecule has 2 heterocycles. The smallest absolute Gasteiger partial charge is 0.407 e. The van der Waals surface area contributed by atoms with Crippen LogP contribution in [-0.4, -0.2) is 32.8 Å². The van der Waals surface area contributed by atoms with E-state index in [2.05, 4.69) is 22.0 Å². The Bertz CT molecular complexity index is 1070. The topological polar surface area (TPSA) is 79.5 Å². The molecule has 1 N–H and O–H groups in total. The van der Waals surface area contributed by atoms with Crippen LogP contribution in [0.3, 0.4) is 0 Å². The van der Waals surface area contributed by atoms with E-state index in [4.69, 9.17) is 4.52 Å². The summed E-state index contributed by atoms with van der Waals surface area (Å²) in [4.78, 5) is 17.0. The molecule has 4 rings (SSSR count). The molecule has 6 nitrogen and oxygen atoms in total. The number of amides is 1. The Morgan fingerprint density at radius 3 is 2.71 bits per heavy atom. The van der Waals surface area contributed by atoms with Crippen molar-refractivity contribution in [3.8, 4) is 23.2 Å². The monoisotopic (exact) mass is 377 g/mol. The molecule has 1 atom stereocenters. The molecular weight excluding hydrogens is 361 g/mol. The molecule has 0 bridgehead atoms. The van der Waals surface area contributed by atoms with Crippen molar-refractivity contribution in [3.63, 3.8) is 0 Å². The summed E-state index contributed by atoms with van der Waals surface area (Å²) < 4.78 is 18.5. The quantitative estimate of drug-likeness (QED) is 0.681. The highest BCUT2D eigenvalue weighted by atomic mass is 19.1. The van der Waals surface area contributed by atoms with Gasteiger partial charge in [-0.2, -0.15) is 4.98 Å². The third kappa shape index (κ3) is 3.71. The largest absolute Gasteiger partial charge is 0.465 e. The molecule has 7 heteroatoms. The van der Waals surface area contributed by atoms with Gasteiger partial charge in [0, 0.05) is 23.2 Å². The van der Waals surface area contributed by atoms with Gasteiger partial charge in [-0.15, -0.1) is 0 Å². The van der Waals surface area contributed by atoms with Crippen LogP contribution >= 0.6 is 0 Å². The fourth-order valence-electron chi connectivity index (χ4n) is 3.15. The number of halogens is 1. The standard InChI is InChI=1S/C21H16FN3O3/c22-17-4-1-3-15(13-17)7-6-14-8-10-16(11-9-14)19-23-20(28-24-19)18-5-2-12-25(18)21(26)27/h1,3-4,8-11,13,18H,2,5,12H2,(H,26,27). The third-order valence-corrected chi connectivity index (χ3v) is 4.54. The van der Waals surface area contributed by atoms with Gasteiger partial charge in [0.2, 0.25) is 11.7 Å². The number of hydrogen-bond acceptors (Lipinski definition) is 4. The summed E-state index contributed by atoms with van der Waals surface area (Å²) in [5.41, 5.74) is 2.11. The van der Waals surface area contributed by atoms with Gasteiger partial charge in [-0.1, -0.05) is 23.1 Å². The van der Waals surface area contributed by atoms with Crippen LogP contribution in [0.4, 0.5) is 9.18 Å². The van der Waals surface area contributed by atoms with Gasteiger partial charge in [-0.25, -0.2) is 9.18 Å². The van der Waals surface area contributed by atoms with Crippen molar-refractivity contribution in [1.82, 2.24) is 15.0 Å². The first-order valence-corrected chi connectivity index (χ1v) is 8.81. The van der Waals surface area contributed by atoms with Gasteiger partial charge in [0.25, 0.3) is 0 Å². The zero-order valence-corrected chi connectivity index (χ0v) is 14.8. The van der Waals surface area contributed by atoms with Crippen LogP contribution in [0.1, 0.15) is 35.9 Å². The van der Waals surface area contributed by atoms with Crippen molar-refractivity contribution in [2.75, 3.05) is 6.54 Å². The fraction of sp³-hybridized carbons (Fsp3) is 0.190. The molecule has 0 saturated carbocycles. The van der Waals surface area contributed by atoms with Gasteiger partial charge in [0.05, 0.1) is 0 Å². The number of likely N-dealkylation sites (tertiary alicyclic amines) is 1. The van der Waals surface area contributed by atoms with E-state index in [-0.39, 0.29) is 5.82 Å². The average molecular weight is 377 g/mol. The third-order valence-electron chi connectivity index (χ3n) is 4.54. The lowest BCUT2D eigenvalue weighted by Gasteiger charge is -2.17. The average Bonchev–Trinajstić information content (AvgIpc) is 3.36. The lowest BCUT2D eigenvalue weighted by atomic mass is 10.1. The zero-order chi connectivity index (χ0) is 19.5. The lowest BCUT2D eigenvalue weighted by Crippen LogP contribution is -2.28. The van der Waals surface area contributed by atoms with Crippen LogP contribution in [0.15, 0.2) is 53.1 Å². The molecule has 1 aliphatic heterocycles. The molecular formula is C21H16FN3O3. The molecule has 28 heavy (non-hydrogen) atoms. The molecule has 140 valence electrons. The first kappa shape index (κ1) is 17.7. The predicted molar refractivity (Wildman–Crippen MR) is 98.8 cm³/mol. The summed E-state index contributed by atoms with van der Waals surface area (Å²) in [6, 6.07) is 13.0. The van der Waals surface area contributed by atoms with Crippen molar-refractivity contribution in [3.05, 3.63) is 71.4 Å². The first-order chi connectivity index (χ1) is 13.6. The minimum Gasteiger partial charge on any atom is -0.465 e. The fourth-order valence-corrected chi connectivity index (χ4v) is 3.15. The zero-order valence-electron chi connectivity index (χ0n) is 14.8. The van der Waals surface area contributed by atoms with E-state index in [0.717, 1.165) is 17.5 Å². The summed E-state index contributed by atoms with van der Waals surface area (Å²) in [6.07, 6.45) is 0.457. The molecule has 1 saturated heterocycles. The SMILES string of the molecule is O=C(O)N1CCCC1c1nc(-c2ccc(C#Cc3cccc(F)c3)cc2)no1. The molecule has 3 aromatic rings. The van der Waals surface area contributed by atoms with Crippen LogP contribution in [0.25, 0.3) is 11.4 Å². The Labute approximate surface area is 160 Å². The summed E-state index contributed by atoms with van der Waals surface area (Å²) >= 11 is 0. The van der Waals surface area contributed by atoms with E-state index in [1.54, 1.807) is 12.1 Å². The number of carboxylic acid groups (broad SMARTS) is 1. The van der Waals surface area contributed by atoms with E-state index in [9.17, 15) is 14.3 Å². The first-order valence-electron chi connectivity index (χ1n) is 8.81. The molecule has 1 aromatic heterocycles. The van der Waals surface area contributed by atoms with Crippen LogP contribution in [-0.2, 0) is 0 Å². The van der Waals surface area contributed by atoms with E-state index in [1.165, 1.54) is 17.0 Å². The van der Waals surface area contributed by atoms with E-state index in [0.29, 0.717) is 30.2 Å². The predicted octanol–water partition coefficient (Wildman–Crippen LogP) is 4.09. The molecule has 1 amide bonds. The molecule has 1 fully saturated rings. The van der Waals surface area contributed by atoms with E-state index in [1.807, 2.05) is 24.3 Å². The minimum absolute atomic E-state index is 0.310. The minimum atomic E-state index is -0.983. The Morgan fingerprint density at radius 2 is 1.96 bits per heavy atom. The molecule has 2 aromatic carbocycles. The second-order valence-corrected chi connectivity index (χ2v) is 6.43. The Morgan fingerprint density at radius 1 is 1.18 bits per heavy atom. The van der Waals surface area contributed by atoms with E-state index >= 15 is 0 Å². The highest BCUT2D eigenvalue weighted by Crippen LogP contribution is 2.31. The van der Waals surface area contributed by atoms with Gasteiger partial charge < -0.3 is 9.63 Å². The second-order valence-electron chi connectivity index (χ2n) is 6.43. The molecule has 1 unspecified atom stereocenters. The molecule has 1 aliphatic rings. The summed E-state index contributed by atoms with van der Waals surface area (Å²) in [5, 5.41) is 13.2. The van der Waals surface area contributed by atoms with Crippen molar-refractivity contribution < 1.29 is 18.8 Å². The van der Waals surface area contributed by atoms with Crippen LogP contribution in [0.5, 0.6) is 0 Å². The van der Waals surface area contributed by atoms with Gasteiger partial charge in [-0.3, -0.25) is 4.90 Å². The number of rotatable bonds is 2. The van der Waals surface area contributed by atoms with Crippen molar-refractivity contribution in [2.24, 2.45) is 0 Å². The summed E-state index contributed by atoms with van der Waals surface area (Å²) in [7, 11) is 0. The maximum absolute atomic E-state index is 13.2. The molecule has 0 spiro atoms. The van der Waals surface area contributed by atoms with Crippen LogP contribution < -0.4 is 0 Å². The maximum Gasteiger partial charge on any atom is 0.407 e. The molecule has 0 radical (unpaired) electrons. The van der Waals surface area contributed by atoms with Gasteiger partial charge in [0.1, 0.15) is 11.9 Å². The van der Waals surface area contributed by atoms with E-state index < -0.39 is 12.1 Å². The maximum atomic E-state index is 13.2. The van der Waals surface area contributed by atoms with Gasteiger partial charge in [-0.05, 0) is 55.3 Å². The number of aromatic nitrogens is 2. The van der Waals surface area contributed by atoms with Crippen molar-refractivity contribution in [1.29, 1.82) is 0 Å². The lowest BCUT2D eigenvalue weighted by molar-refractivity contribution is 0.131. The number of nitrogens with zero attached hydrogens (tertiary/aromatic N) is 3. The van der Waals surface area contributed by atoms with Crippen molar-refractivity contribution in [2.45, 2.75) is 18.9 Å². The normalized spacial score (nSPS) is 15.9. The van der Waals surface area contributed by atoms with Crippen molar-refractivity contribution >= 4 is 6.09 Å². The van der Waals surface area contributed by atoms with Gasteiger partial charge in [0.15, 0.2) is 0 Å². The summed E-state index contributed by atoms with van der Waals surface area (Å²) in [5.74, 6) is 6.29.